The van der Waals surface area contributed by atoms with E-state index in [1.807, 2.05) is 47.3 Å². The lowest BCUT2D eigenvalue weighted by Crippen LogP contribution is -2.13. The Morgan fingerprint density at radius 2 is 1.62 bits per heavy atom. The number of nitrogens with two attached hydrogens (primary N) is 1. The van der Waals surface area contributed by atoms with Crippen LogP contribution in [0.2, 0.25) is 0 Å². The lowest BCUT2D eigenvalue weighted by molar-refractivity contribution is 0.772. The second-order valence-electron chi connectivity index (χ2n) is 5.42. The van der Waals surface area contributed by atoms with Crippen LogP contribution in [0.15, 0.2) is 60.8 Å². The molecule has 106 valence electrons. The maximum Gasteiger partial charge on any atom is 0.0841 e. The maximum atomic E-state index is 6.37. The molecule has 0 aliphatic carbocycles. The Kier molecular flexibility index (Phi) is 3.59. The van der Waals surface area contributed by atoms with Crippen molar-refractivity contribution in [3.8, 4) is 5.69 Å². The Bertz CT molecular complexity index is 724. The van der Waals surface area contributed by atoms with E-state index >= 15 is 0 Å². The van der Waals surface area contributed by atoms with Gasteiger partial charge >= 0.3 is 0 Å². The summed E-state index contributed by atoms with van der Waals surface area (Å²) >= 11 is 0. The molecule has 2 N–H and O–H groups in total. The summed E-state index contributed by atoms with van der Waals surface area (Å²) in [5.41, 5.74) is 11.8. The summed E-state index contributed by atoms with van der Waals surface area (Å²) in [6.45, 7) is 4.18. The quantitative estimate of drug-likeness (QED) is 0.795. The minimum absolute atomic E-state index is 0.200. The summed E-state index contributed by atoms with van der Waals surface area (Å²) in [7, 11) is 0. The van der Waals surface area contributed by atoms with Crippen LogP contribution in [-0.2, 0) is 0 Å². The lowest BCUT2D eigenvalue weighted by atomic mass is 10.00. The van der Waals surface area contributed by atoms with Crippen molar-refractivity contribution >= 4 is 0 Å². The number of hydrogen-bond acceptors (Lipinski definition) is 2. The van der Waals surface area contributed by atoms with Crippen molar-refractivity contribution in [3.05, 3.63) is 83.2 Å². The first kappa shape index (κ1) is 13.6. The van der Waals surface area contributed by atoms with E-state index < -0.39 is 0 Å². The van der Waals surface area contributed by atoms with Crippen molar-refractivity contribution in [2.45, 2.75) is 19.9 Å². The minimum Gasteiger partial charge on any atom is -0.319 e. The highest BCUT2D eigenvalue weighted by molar-refractivity contribution is 5.36. The molecule has 1 unspecified atom stereocenters. The fourth-order valence-electron chi connectivity index (χ4n) is 2.59. The maximum absolute atomic E-state index is 6.37. The summed E-state index contributed by atoms with van der Waals surface area (Å²) < 4.78 is 1.86. The Hall–Kier alpha value is -2.39. The monoisotopic (exact) mass is 277 g/mol. The SMILES string of the molecule is Cc1cc(C)cc(C(N)c2ccn(-c3ccccc3)n2)c1. The van der Waals surface area contributed by atoms with Gasteiger partial charge in [0.05, 0.1) is 17.4 Å². The van der Waals surface area contributed by atoms with Gasteiger partial charge < -0.3 is 5.73 Å². The van der Waals surface area contributed by atoms with E-state index in [1.165, 1.54) is 11.1 Å². The van der Waals surface area contributed by atoms with Crippen molar-refractivity contribution in [1.29, 1.82) is 0 Å². The first-order valence-electron chi connectivity index (χ1n) is 7.08. The molecule has 3 rings (SSSR count). The lowest BCUT2D eigenvalue weighted by Gasteiger charge is -2.11. The molecule has 0 fully saturated rings. The molecule has 1 aromatic heterocycles. The van der Waals surface area contributed by atoms with Crippen molar-refractivity contribution in [1.82, 2.24) is 9.78 Å². The number of benzene rings is 2. The molecule has 0 saturated heterocycles. The Morgan fingerprint density at radius 3 is 2.29 bits per heavy atom. The van der Waals surface area contributed by atoms with Gasteiger partial charge in [-0.3, -0.25) is 0 Å². The Balaban J connectivity index is 1.92. The number of aromatic nitrogens is 2. The van der Waals surface area contributed by atoms with Crippen molar-refractivity contribution < 1.29 is 0 Å². The fourth-order valence-corrected chi connectivity index (χ4v) is 2.59. The molecule has 0 bridgehead atoms. The highest BCUT2D eigenvalue weighted by atomic mass is 15.3. The largest absolute Gasteiger partial charge is 0.319 e. The number of para-hydroxylation sites is 1. The van der Waals surface area contributed by atoms with Gasteiger partial charge in [-0.05, 0) is 37.6 Å². The molecule has 3 aromatic rings. The van der Waals surface area contributed by atoms with E-state index in [4.69, 9.17) is 5.73 Å². The van der Waals surface area contributed by atoms with E-state index in [2.05, 4.69) is 37.1 Å². The molecule has 1 atom stereocenters. The zero-order chi connectivity index (χ0) is 14.8. The highest BCUT2D eigenvalue weighted by Crippen LogP contribution is 2.21. The van der Waals surface area contributed by atoms with Crippen molar-refractivity contribution in [3.63, 3.8) is 0 Å². The molecule has 2 aromatic carbocycles. The first-order chi connectivity index (χ1) is 10.1. The molecule has 0 spiro atoms. The first-order valence-corrected chi connectivity index (χ1v) is 7.08. The third-order valence-electron chi connectivity index (χ3n) is 3.55. The van der Waals surface area contributed by atoms with Gasteiger partial charge in [0.25, 0.3) is 0 Å². The van der Waals surface area contributed by atoms with E-state index in [1.54, 1.807) is 0 Å². The number of nitrogens with zero attached hydrogens (tertiary/aromatic N) is 2. The molecule has 0 aliphatic rings. The van der Waals surface area contributed by atoms with Crippen LogP contribution in [0.25, 0.3) is 5.69 Å². The molecule has 0 radical (unpaired) electrons. The average molecular weight is 277 g/mol. The van der Waals surface area contributed by atoms with Gasteiger partial charge in [-0.15, -0.1) is 0 Å². The van der Waals surface area contributed by atoms with Gasteiger partial charge in [0, 0.05) is 6.20 Å². The average Bonchev–Trinajstić information content (AvgIpc) is 2.96. The minimum atomic E-state index is -0.200. The van der Waals surface area contributed by atoms with E-state index in [-0.39, 0.29) is 6.04 Å². The predicted molar refractivity (Wildman–Crippen MR) is 85.5 cm³/mol. The van der Waals surface area contributed by atoms with E-state index in [0.29, 0.717) is 0 Å². The molecular weight excluding hydrogens is 258 g/mol. The standard InChI is InChI=1S/C18H19N3/c1-13-10-14(2)12-15(11-13)18(19)17-8-9-21(20-17)16-6-4-3-5-7-16/h3-12,18H,19H2,1-2H3. The number of aryl methyl sites for hydroxylation is 2. The van der Waals surface area contributed by atoms with Gasteiger partial charge in [0.1, 0.15) is 0 Å². The van der Waals surface area contributed by atoms with Crippen LogP contribution >= 0.6 is 0 Å². The van der Waals surface area contributed by atoms with Gasteiger partial charge in [-0.1, -0.05) is 47.5 Å². The van der Waals surface area contributed by atoms with Crippen molar-refractivity contribution in [2.75, 3.05) is 0 Å². The number of rotatable bonds is 3. The normalized spacial score (nSPS) is 12.3. The third kappa shape index (κ3) is 2.88. The number of hydrogen-bond donors (Lipinski definition) is 1. The topological polar surface area (TPSA) is 43.8 Å². The van der Waals surface area contributed by atoms with Gasteiger partial charge in [-0.25, -0.2) is 4.68 Å². The summed E-state index contributed by atoms with van der Waals surface area (Å²) in [5, 5.41) is 4.61. The van der Waals surface area contributed by atoms with E-state index in [9.17, 15) is 0 Å². The van der Waals surface area contributed by atoms with Crippen LogP contribution in [0.5, 0.6) is 0 Å². The van der Waals surface area contributed by atoms with Crippen LogP contribution in [0.1, 0.15) is 28.4 Å². The summed E-state index contributed by atoms with van der Waals surface area (Å²) in [6, 6.07) is 18.2. The second-order valence-corrected chi connectivity index (χ2v) is 5.42. The molecule has 1 heterocycles. The molecule has 3 heteroatoms. The van der Waals surface area contributed by atoms with Crippen LogP contribution in [-0.4, -0.2) is 9.78 Å². The van der Waals surface area contributed by atoms with Crippen molar-refractivity contribution in [2.24, 2.45) is 5.73 Å². The Morgan fingerprint density at radius 1 is 0.952 bits per heavy atom. The fraction of sp³-hybridized carbons (Fsp3) is 0.167. The molecular formula is C18H19N3. The predicted octanol–water partition coefficient (Wildman–Crippen LogP) is 3.54. The molecule has 3 nitrogen and oxygen atoms in total. The Labute approximate surface area is 125 Å². The van der Waals surface area contributed by atoms with Gasteiger partial charge in [0.15, 0.2) is 0 Å². The smallest absolute Gasteiger partial charge is 0.0841 e. The van der Waals surface area contributed by atoms with Gasteiger partial charge in [-0.2, -0.15) is 5.10 Å². The molecule has 0 saturated carbocycles. The summed E-state index contributed by atoms with van der Waals surface area (Å²) in [6.07, 6.45) is 1.95. The van der Waals surface area contributed by atoms with Crippen LogP contribution in [0.4, 0.5) is 0 Å². The van der Waals surface area contributed by atoms with E-state index in [0.717, 1.165) is 16.9 Å². The highest BCUT2D eigenvalue weighted by Gasteiger charge is 2.13. The van der Waals surface area contributed by atoms with Crippen LogP contribution in [0, 0.1) is 13.8 Å². The van der Waals surface area contributed by atoms with Crippen LogP contribution < -0.4 is 5.73 Å². The summed E-state index contributed by atoms with van der Waals surface area (Å²) in [5.74, 6) is 0. The molecule has 21 heavy (non-hydrogen) atoms. The zero-order valence-corrected chi connectivity index (χ0v) is 12.3. The molecule has 0 aliphatic heterocycles. The molecule has 0 amide bonds. The van der Waals surface area contributed by atoms with Gasteiger partial charge in [0.2, 0.25) is 0 Å². The second kappa shape index (κ2) is 5.54. The van der Waals surface area contributed by atoms with Crippen LogP contribution in [0.3, 0.4) is 0 Å². The third-order valence-corrected chi connectivity index (χ3v) is 3.55. The zero-order valence-electron chi connectivity index (χ0n) is 12.3. The summed E-state index contributed by atoms with van der Waals surface area (Å²) in [4.78, 5) is 0.